The van der Waals surface area contributed by atoms with Crippen LogP contribution in [0.2, 0.25) is 5.02 Å². The molecule has 0 atom stereocenters. The minimum atomic E-state index is -3.13. The van der Waals surface area contributed by atoms with Crippen molar-refractivity contribution in [3.8, 4) is 0 Å². The minimum absolute atomic E-state index is 0.340. The zero-order chi connectivity index (χ0) is 14.6. The summed E-state index contributed by atoms with van der Waals surface area (Å²) in [5, 5.41) is 4.03. The summed E-state index contributed by atoms with van der Waals surface area (Å²) >= 11 is 6.07. The van der Waals surface area contributed by atoms with Crippen molar-refractivity contribution in [2.45, 2.75) is 18.0 Å². The molecule has 0 heterocycles. The third-order valence-corrected chi connectivity index (χ3v) is 4.45. The summed E-state index contributed by atoms with van der Waals surface area (Å²) in [6.45, 7) is 1.34. The maximum Gasteiger partial charge on any atom is 0.175 e. The molecule has 0 spiro atoms. The summed E-state index contributed by atoms with van der Waals surface area (Å²) in [5.74, 6) is 0. The predicted molar refractivity (Wildman–Crippen MR) is 81.5 cm³/mol. The van der Waals surface area contributed by atoms with Gasteiger partial charge < -0.3 is 5.32 Å². The molecule has 0 aliphatic heterocycles. The fraction of sp³-hybridized carbons (Fsp3) is 0.200. The Hall–Kier alpha value is -1.36. The van der Waals surface area contributed by atoms with E-state index in [9.17, 15) is 8.42 Å². The van der Waals surface area contributed by atoms with Gasteiger partial charge in [0, 0.05) is 24.4 Å². The first-order valence-corrected chi connectivity index (χ1v) is 8.47. The van der Waals surface area contributed by atoms with Crippen LogP contribution in [0.4, 0.5) is 0 Å². The molecule has 2 rings (SSSR count). The zero-order valence-corrected chi connectivity index (χ0v) is 12.7. The number of hydrogen-bond acceptors (Lipinski definition) is 3. The Morgan fingerprint density at radius 2 is 1.65 bits per heavy atom. The van der Waals surface area contributed by atoms with Gasteiger partial charge in [0.1, 0.15) is 0 Å². The number of sulfone groups is 1. The van der Waals surface area contributed by atoms with E-state index in [1.54, 1.807) is 12.1 Å². The lowest BCUT2D eigenvalue weighted by atomic mass is 10.2. The van der Waals surface area contributed by atoms with Gasteiger partial charge in [-0.2, -0.15) is 0 Å². The van der Waals surface area contributed by atoms with Crippen molar-refractivity contribution in [1.82, 2.24) is 5.32 Å². The highest BCUT2D eigenvalue weighted by Crippen LogP contribution is 2.15. The molecular formula is C15H16ClNO2S. The van der Waals surface area contributed by atoms with Crippen molar-refractivity contribution in [1.29, 1.82) is 0 Å². The minimum Gasteiger partial charge on any atom is -0.309 e. The van der Waals surface area contributed by atoms with Crippen LogP contribution in [0.1, 0.15) is 11.1 Å². The van der Waals surface area contributed by atoms with Crippen LogP contribution in [-0.4, -0.2) is 14.7 Å². The third-order valence-electron chi connectivity index (χ3n) is 2.95. The van der Waals surface area contributed by atoms with E-state index >= 15 is 0 Å². The van der Waals surface area contributed by atoms with E-state index in [0.717, 1.165) is 16.1 Å². The van der Waals surface area contributed by atoms with E-state index in [1.807, 2.05) is 36.4 Å². The lowest BCUT2D eigenvalue weighted by molar-refractivity contribution is 0.602. The van der Waals surface area contributed by atoms with E-state index < -0.39 is 9.84 Å². The molecule has 0 saturated carbocycles. The van der Waals surface area contributed by atoms with Crippen LogP contribution >= 0.6 is 11.6 Å². The van der Waals surface area contributed by atoms with Gasteiger partial charge >= 0.3 is 0 Å². The van der Waals surface area contributed by atoms with Gasteiger partial charge in [0.05, 0.1) is 4.90 Å². The van der Waals surface area contributed by atoms with Crippen LogP contribution in [-0.2, 0) is 22.9 Å². The summed E-state index contributed by atoms with van der Waals surface area (Å²) in [6.07, 6.45) is 1.21. The van der Waals surface area contributed by atoms with Gasteiger partial charge in [0.15, 0.2) is 9.84 Å². The largest absolute Gasteiger partial charge is 0.309 e. The third kappa shape index (κ3) is 4.07. The number of nitrogens with one attached hydrogen (secondary N) is 1. The lowest BCUT2D eigenvalue weighted by Crippen LogP contribution is -2.13. The van der Waals surface area contributed by atoms with Crippen molar-refractivity contribution in [2.75, 3.05) is 6.26 Å². The first-order chi connectivity index (χ1) is 9.47. The summed E-state index contributed by atoms with van der Waals surface area (Å²) in [4.78, 5) is 0.340. The first kappa shape index (κ1) is 15.0. The van der Waals surface area contributed by atoms with Crippen LogP contribution in [0.15, 0.2) is 53.4 Å². The molecule has 0 aliphatic rings. The van der Waals surface area contributed by atoms with Crippen molar-refractivity contribution in [3.63, 3.8) is 0 Å². The van der Waals surface area contributed by atoms with Crippen molar-refractivity contribution >= 4 is 21.4 Å². The molecule has 106 valence electrons. The van der Waals surface area contributed by atoms with E-state index in [-0.39, 0.29) is 0 Å². The second-order valence-corrected chi connectivity index (χ2v) is 7.03. The molecular weight excluding hydrogens is 294 g/mol. The van der Waals surface area contributed by atoms with E-state index in [0.29, 0.717) is 18.0 Å². The molecule has 0 aliphatic carbocycles. The van der Waals surface area contributed by atoms with Gasteiger partial charge in [-0.3, -0.25) is 0 Å². The van der Waals surface area contributed by atoms with Crippen LogP contribution in [0.3, 0.4) is 0 Å². The molecule has 0 saturated heterocycles. The number of hydrogen-bond donors (Lipinski definition) is 1. The maximum atomic E-state index is 11.4. The molecule has 2 aromatic carbocycles. The van der Waals surface area contributed by atoms with E-state index in [2.05, 4.69) is 5.32 Å². The molecule has 0 aromatic heterocycles. The molecule has 0 unspecified atom stereocenters. The Morgan fingerprint density at radius 1 is 1.00 bits per heavy atom. The summed E-state index contributed by atoms with van der Waals surface area (Å²) in [5.41, 5.74) is 2.08. The van der Waals surface area contributed by atoms with Gasteiger partial charge in [-0.25, -0.2) is 8.42 Å². The molecule has 0 amide bonds. The molecule has 0 fully saturated rings. The quantitative estimate of drug-likeness (QED) is 0.923. The van der Waals surface area contributed by atoms with Crippen molar-refractivity contribution < 1.29 is 8.42 Å². The van der Waals surface area contributed by atoms with Gasteiger partial charge in [-0.05, 0) is 29.3 Å². The van der Waals surface area contributed by atoms with Gasteiger partial charge in [-0.15, -0.1) is 0 Å². The smallest absolute Gasteiger partial charge is 0.175 e. The fourth-order valence-electron chi connectivity index (χ4n) is 1.84. The fourth-order valence-corrected chi connectivity index (χ4v) is 2.67. The highest BCUT2D eigenvalue weighted by Gasteiger charge is 2.06. The zero-order valence-electron chi connectivity index (χ0n) is 11.1. The van der Waals surface area contributed by atoms with Gasteiger partial charge in [0.25, 0.3) is 0 Å². The highest BCUT2D eigenvalue weighted by atomic mass is 35.5. The Bertz CT molecular complexity index is 681. The number of rotatable bonds is 5. The lowest BCUT2D eigenvalue weighted by Gasteiger charge is -2.07. The molecule has 2 aromatic rings. The summed E-state index contributed by atoms with van der Waals surface area (Å²) < 4.78 is 22.7. The van der Waals surface area contributed by atoms with Crippen LogP contribution in [0.5, 0.6) is 0 Å². The Morgan fingerprint density at radius 3 is 2.25 bits per heavy atom. The average Bonchev–Trinajstić information content (AvgIpc) is 2.40. The number of benzene rings is 2. The molecule has 5 heteroatoms. The summed E-state index contributed by atoms with van der Waals surface area (Å²) in [7, 11) is -3.13. The Labute approximate surface area is 124 Å². The van der Waals surface area contributed by atoms with Crippen LogP contribution in [0, 0.1) is 0 Å². The van der Waals surface area contributed by atoms with Crippen LogP contribution in [0.25, 0.3) is 0 Å². The monoisotopic (exact) mass is 309 g/mol. The van der Waals surface area contributed by atoms with Gasteiger partial charge in [0.2, 0.25) is 0 Å². The number of halogens is 1. The first-order valence-electron chi connectivity index (χ1n) is 6.20. The van der Waals surface area contributed by atoms with Gasteiger partial charge in [-0.1, -0.05) is 41.9 Å². The Kier molecular flexibility index (Phi) is 4.81. The molecule has 1 N–H and O–H groups in total. The normalized spacial score (nSPS) is 11.5. The second-order valence-electron chi connectivity index (χ2n) is 4.61. The maximum absolute atomic E-state index is 11.4. The van der Waals surface area contributed by atoms with E-state index in [4.69, 9.17) is 11.6 Å². The van der Waals surface area contributed by atoms with Crippen LogP contribution < -0.4 is 5.32 Å². The average molecular weight is 310 g/mol. The standard InChI is InChI=1S/C15H16ClNO2S/c1-20(18,19)14-8-6-12(7-9-14)10-17-11-13-4-2-3-5-15(13)16/h2-9,17H,10-11H2,1H3. The SMILES string of the molecule is CS(=O)(=O)c1ccc(CNCc2ccccc2Cl)cc1. The molecule has 0 bridgehead atoms. The summed E-state index contributed by atoms with van der Waals surface area (Å²) in [6, 6.07) is 14.6. The molecule has 3 nitrogen and oxygen atoms in total. The second kappa shape index (κ2) is 6.39. The molecule has 20 heavy (non-hydrogen) atoms. The Balaban J connectivity index is 1.94. The predicted octanol–water partition coefficient (Wildman–Crippen LogP) is 3.03. The van der Waals surface area contributed by atoms with Crippen molar-refractivity contribution in [3.05, 3.63) is 64.7 Å². The van der Waals surface area contributed by atoms with E-state index in [1.165, 1.54) is 6.26 Å². The van der Waals surface area contributed by atoms with Crippen molar-refractivity contribution in [2.24, 2.45) is 0 Å². The molecule has 0 radical (unpaired) electrons. The topological polar surface area (TPSA) is 46.2 Å². The highest BCUT2D eigenvalue weighted by molar-refractivity contribution is 7.90.